The molecule has 6 aromatic rings. The Bertz CT molecular complexity index is 2670. The minimum absolute atomic E-state index is 0.0302. The van der Waals surface area contributed by atoms with Gasteiger partial charge in [0.1, 0.15) is 42.3 Å². The molecular formula is C53H58FN3O9S2. The molecule has 4 aromatic carbocycles. The third-order valence-corrected chi connectivity index (χ3v) is 14.7. The molecule has 0 aliphatic carbocycles. The summed E-state index contributed by atoms with van der Waals surface area (Å²) in [5.74, 6) is 0.209. The predicted octanol–water partition coefficient (Wildman–Crippen LogP) is 9.24. The lowest BCUT2D eigenvalue weighted by Gasteiger charge is -2.38. The van der Waals surface area contributed by atoms with Crippen LogP contribution in [0.3, 0.4) is 0 Å². The Morgan fingerprint density at radius 2 is 1.57 bits per heavy atom. The number of aromatic hydroxyl groups is 1. The molecule has 0 saturated carbocycles. The number of likely N-dealkylation sites (tertiary alicyclic amines) is 2. The monoisotopic (exact) mass is 963 g/mol. The van der Waals surface area contributed by atoms with Crippen LogP contribution in [0.4, 0.5) is 4.39 Å². The van der Waals surface area contributed by atoms with Crippen LogP contribution in [0.1, 0.15) is 44.7 Å². The SMILES string of the molecule is Cc1ccsc1-c1ccc(CNC(=O)[C@@H]2C[C@@H](O)CN2C(=O)[C@@H](CC(=O)COCCOC2CN(CCOc3ccc(Oc4c(-c5ccc(F)cc5)sc5cc(O)ccc45)cc3)C2)C(C)(C)C)cc1. The fourth-order valence-corrected chi connectivity index (χ4v) is 10.6. The van der Waals surface area contributed by atoms with E-state index < -0.39 is 23.5 Å². The minimum atomic E-state index is -0.839. The first kappa shape index (κ1) is 48.8. The van der Waals surface area contributed by atoms with Crippen LogP contribution in [0.2, 0.25) is 0 Å². The highest BCUT2D eigenvalue weighted by atomic mass is 32.1. The van der Waals surface area contributed by atoms with E-state index in [2.05, 4.69) is 28.6 Å². The topological polar surface area (TPSA) is 147 Å². The molecule has 0 bridgehead atoms. The highest BCUT2D eigenvalue weighted by molar-refractivity contribution is 7.22. The molecule has 68 heavy (non-hydrogen) atoms. The maximum absolute atomic E-state index is 14.0. The van der Waals surface area contributed by atoms with E-state index in [1.807, 2.05) is 75.4 Å². The van der Waals surface area contributed by atoms with Crippen LogP contribution >= 0.6 is 22.7 Å². The van der Waals surface area contributed by atoms with Crippen LogP contribution in [0.5, 0.6) is 23.0 Å². The van der Waals surface area contributed by atoms with Crippen molar-refractivity contribution in [2.75, 3.05) is 52.6 Å². The average Bonchev–Trinajstić information content (AvgIpc) is 4.02. The number of carbonyl (C=O) groups is 3. The van der Waals surface area contributed by atoms with E-state index in [-0.39, 0.29) is 74.4 Å². The van der Waals surface area contributed by atoms with Crippen LogP contribution in [0, 0.1) is 24.1 Å². The number of benzene rings is 4. The molecule has 8 rings (SSSR count). The third kappa shape index (κ3) is 12.1. The molecule has 15 heteroatoms. The second-order valence-electron chi connectivity index (χ2n) is 18.6. The van der Waals surface area contributed by atoms with Crippen molar-refractivity contribution in [3.63, 3.8) is 0 Å². The number of thiophene rings is 2. The van der Waals surface area contributed by atoms with Crippen molar-refractivity contribution in [3.05, 3.63) is 119 Å². The molecule has 0 radical (unpaired) electrons. The van der Waals surface area contributed by atoms with Gasteiger partial charge in [-0.05, 0) is 101 Å². The number of aryl methyl sites for hydroxylation is 1. The summed E-state index contributed by atoms with van der Waals surface area (Å²) in [6.45, 7) is 11.2. The molecule has 3 atom stereocenters. The minimum Gasteiger partial charge on any atom is -0.508 e. The number of nitrogens with zero attached hydrogens (tertiary/aromatic N) is 2. The van der Waals surface area contributed by atoms with Gasteiger partial charge in [-0.15, -0.1) is 22.7 Å². The first-order valence-corrected chi connectivity index (χ1v) is 24.6. The molecular weight excluding hydrogens is 906 g/mol. The van der Waals surface area contributed by atoms with Crippen molar-refractivity contribution in [1.29, 1.82) is 0 Å². The highest BCUT2D eigenvalue weighted by Gasteiger charge is 2.44. The van der Waals surface area contributed by atoms with Crippen molar-refractivity contribution in [1.82, 2.24) is 15.1 Å². The Hall–Kier alpha value is -5.68. The number of nitrogens with one attached hydrogen (secondary N) is 1. The number of hydrogen-bond donors (Lipinski definition) is 3. The summed E-state index contributed by atoms with van der Waals surface area (Å²) in [6.07, 6.45) is -0.702. The first-order chi connectivity index (χ1) is 32.7. The highest BCUT2D eigenvalue weighted by Crippen LogP contribution is 2.47. The Labute approximate surface area is 404 Å². The molecule has 3 N–H and O–H groups in total. The summed E-state index contributed by atoms with van der Waals surface area (Å²) >= 11 is 3.15. The standard InChI is InChI=1S/C53H58FN3O9S2/c1-33-19-24-67-49(33)35-7-5-34(6-8-35)28-55-51(61)46-26-39(59)29-57(46)52(62)45(53(2,3)4)25-40(60)32-63-22-23-65-43-30-56(31-43)20-21-64-41-14-16-42(17-15-41)66-48-44-18-13-38(58)27-47(44)68-50(48)36-9-11-37(54)12-10-36/h5-19,24,27,39,43,45-46,58-59H,20-23,25-26,28-32H2,1-4H3,(H,55,61)/t39-,45-,46+/m1/s1. The van der Waals surface area contributed by atoms with Gasteiger partial charge in [0.05, 0.1) is 30.3 Å². The number of β-amino-alcohol motifs (C(OH)–C–C–N with tert-alkyl or cyclic N) is 1. The zero-order chi connectivity index (χ0) is 48.0. The number of carbonyl (C=O) groups excluding carboxylic acids is 3. The zero-order valence-corrected chi connectivity index (χ0v) is 40.4. The Morgan fingerprint density at radius 1 is 0.868 bits per heavy atom. The van der Waals surface area contributed by atoms with E-state index in [1.165, 1.54) is 38.8 Å². The number of ketones is 1. The average molecular weight is 964 g/mol. The molecule has 0 spiro atoms. The fraction of sp³-hybridized carbons (Fsp3) is 0.377. The molecule has 2 aliphatic rings. The number of phenols is 1. The van der Waals surface area contributed by atoms with Gasteiger partial charge in [0.15, 0.2) is 11.5 Å². The maximum Gasteiger partial charge on any atom is 0.243 e. The summed E-state index contributed by atoms with van der Waals surface area (Å²) in [5, 5.41) is 26.5. The van der Waals surface area contributed by atoms with Crippen molar-refractivity contribution in [2.24, 2.45) is 11.3 Å². The molecule has 2 aliphatic heterocycles. The number of ether oxygens (including phenoxy) is 4. The van der Waals surface area contributed by atoms with E-state index in [0.29, 0.717) is 30.5 Å². The molecule has 2 amide bonds. The quantitative estimate of drug-likeness (QED) is 0.0633. The fourth-order valence-electron chi connectivity index (χ4n) is 8.54. The summed E-state index contributed by atoms with van der Waals surface area (Å²) in [6, 6.07) is 28.1. The molecule has 2 fully saturated rings. The second kappa shape index (κ2) is 21.7. The maximum atomic E-state index is 14.0. The molecule has 0 unspecified atom stereocenters. The third-order valence-electron chi connectivity index (χ3n) is 12.4. The van der Waals surface area contributed by atoms with Crippen molar-refractivity contribution >= 4 is 50.4 Å². The Morgan fingerprint density at radius 3 is 2.28 bits per heavy atom. The lowest BCUT2D eigenvalue weighted by Crippen LogP contribution is -2.53. The number of fused-ring (bicyclic) bond motifs is 1. The molecule has 12 nitrogen and oxygen atoms in total. The van der Waals surface area contributed by atoms with Gasteiger partial charge < -0.3 is 39.4 Å². The predicted molar refractivity (Wildman–Crippen MR) is 263 cm³/mol. The van der Waals surface area contributed by atoms with Gasteiger partial charge >= 0.3 is 0 Å². The molecule has 2 aromatic heterocycles. The van der Waals surface area contributed by atoms with Gasteiger partial charge in [-0.3, -0.25) is 19.3 Å². The number of amides is 2. The number of halogens is 1. The largest absolute Gasteiger partial charge is 0.508 e. The molecule has 358 valence electrons. The summed E-state index contributed by atoms with van der Waals surface area (Å²) < 4.78 is 38.6. The second-order valence-corrected chi connectivity index (χ2v) is 20.5. The lowest BCUT2D eigenvalue weighted by molar-refractivity contribution is -0.147. The summed E-state index contributed by atoms with van der Waals surface area (Å²) in [4.78, 5) is 46.4. The van der Waals surface area contributed by atoms with Gasteiger partial charge in [0.2, 0.25) is 11.8 Å². The van der Waals surface area contributed by atoms with Crippen LogP contribution in [0.25, 0.3) is 31.0 Å². The van der Waals surface area contributed by atoms with E-state index in [4.69, 9.17) is 18.9 Å². The molecule has 2 saturated heterocycles. The summed E-state index contributed by atoms with van der Waals surface area (Å²) in [7, 11) is 0. The summed E-state index contributed by atoms with van der Waals surface area (Å²) in [5.41, 5.74) is 3.49. The first-order valence-electron chi connectivity index (χ1n) is 22.9. The van der Waals surface area contributed by atoms with E-state index >= 15 is 0 Å². The number of aliphatic hydroxyl groups excluding tert-OH is 1. The van der Waals surface area contributed by atoms with Crippen LogP contribution in [0.15, 0.2) is 102 Å². The van der Waals surface area contributed by atoms with E-state index in [9.17, 15) is 29.0 Å². The number of phenolic OH excluding ortho intramolecular Hbond substituents is 1. The number of aliphatic hydroxyl groups is 1. The molecule has 4 heterocycles. The smallest absolute Gasteiger partial charge is 0.243 e. The van der Waals surface area contributed by atoms with Gasteiger partial charge in [0, 0.05) is 66.4 Å². The van der Waals surface area contributed by atoms with Crippen molar-refractivity contribution < 1.29 is 47.9 Å². The van der Waals surface area contributed by atoms with Crippen molar-refractivity contribution in [3.8, 4) is 43.9 Å². The van der Waals surface area contributed by atoms with E-state index in [1.54, 1.807) is 35.6 Å². The number of rotatable bonds is 20. The van der Waals surface area contributed by atoms with Crippen LogP contribution in [-0.4, -0.2) is 108 Å². The van der Waals surface area contributed by atoms with Gasteiger partial charge in [-0.25, -0.2) is 4.39 Å². The Kier molecular flexibility index (Phi) is 15.6. The Balaban J connectivity index is 0.720. The lowest BCUT2D eigenvalue weighted by atomic mass is 9.77. The van der Waals surface area contributed by atoms with E-state index in [0.717, 1.165) is 51.3 Å². The van der Waals surface area contributed by atoms with Gasteiger partial charge in [-0.2, -0.15) is 0 Å². The van der Waals surface area contributed by atoms with Crippen molar-refractivity contribution in [2.45, 2.75) is 65.3 Å². The van der Waals surface area contributed by atoms with Gasteiger partial charge in [-0.1, -0.05) is 57.2 Å². The van der Waals surface area contributed by atoms with Crippen LogP contribution < -0.4 is 14.8 Å². The number of hydrogen-bond acceptors (Lipinski definition) is 12. The zero-order valence-electron chi connectivity index (χ0n) is 38.7. The van der Waals surface area contributed by atoms with Gasteiger partial charge in [0.25, 0.3) is 0 Å². The van der Waals surface area contributed by atoms with Crippen LogP contribution in [-0.2, 0) is 30.4 Å². The number of Topliss-reactive ketones (excluding diaryl/α,β-unsaturated/α-hetero) is 1. The normalized spacial score (nSPS) is 17.0.